The number of imidazole rings is 1. The minimum Gasteiger partial charge on any atom is -0.435 e. The van der Waals surface area contributed by atoms with Gasteiger partial charge in [0.05, 0.1) is 0 Å². The topological polar surface area (TPSA) is 95.1 Å². The van der Waals surface area contributed by atoms with Crippen LogP contribution in [0.1, 0.15) is 63.1 Å². The molecule has 9 rings (SSSR count). The molecule has 8 nitrogen and oxygen atoms in total. The highest BCUT2D eigenvalue weighted by atomic mass is 16.5. The summed E-state index contributed by atoms with van der Waals surface area (Å²) in [6.07, 6.45) is 4.37. The molecular formula is C36H31N6O2+. The first-order valence-corrected chi connectivity index (χ1v) is 15.2. The van der Waals surface area contributed by atoms with Crippen molar-refractivity contribution in [3.8, 4) is 17.7 Å². The molecule has 0 bridgehead atoms. The Labute approximate surface area is 253 Å². The molecule has 0 aliphatic carbocycles. The monoisotopic (exact) mass is 579 g/mol. The molecule has 8 heteroatoms. The predicted octanol–water partition coefficient (Wildman–Crippen LogP) is 5.27. The molecule has 3 aliphatic heterocycles. The molecule has 0 unspecified atom stereocenters. The van der Waals surface area contributed by atoms with Crippen LogP contribution in [0, 0.1) is 11.3 Å². The predicted molar refractivity (Wildman–Crippen MR) is 168 cm³/mol. The number of nitrogens with zero attached hydrogens (tertiary/aromatic N) is 5. The van der Waals surface area contributed by atoms with E-state index in [9.17, 15) is 5.26 Å². The average Bonchev–Trinajstić information content (AvgIpc) is 3.61. The highest BCUT2D eigenvalue weighted by molar-refractivity contribution is 5.82. The lowest BCUT2D eigenvalue weighted by molar-refractivity contribution is -0.502. The molecule has 0 fully saturated rings. The van der Waals surface area contributed by atoms with Gasteiger partial charge in [0.2, 0.25) is 11.5 Å². The maximum absolute atomic E-state index is 10.6. The summed E-state index contributed by atoms with van der Waals surface area (Å²) < 4.78 is 15.0. The van der Waals surface area contributed by atoms with E-state index in [0.717, 1.165) is 59.1 Å². The Kier molecular flexibility index (Phi) is 4.88. The van der Waals surface area contributed by atoms with E-state index in [1.807, 2.05) is 52.9 Å². The lowest BCUT2D eigenvalue weighted by atomic mass is 9.68. The molecule has 0 saturated heterocycles. The molecular weight excluding hydrogens is 548 g/mol. The van der Waals surface area contributed by atoms with Crippen molar-refractivity contribution in [1.82, 2.24) is 15.0 Å². The Morgan fingerprint density at radius 2 is 1.77 bits per heavy atom. The van der Waals surface area contributed by atoms with Crippen LogP contribution in [-0.2, 0) is 10.8 Å². The van der Waals surface area contributed by atoms with Gasteiger partial charge < -0.3 is 14.1 Å². The fourth-order valence-corrected chi connectivity index (χ4v) is 7.38. The van der Waals surface area contributed by atoms with Gasteiger partial charge in [0.15, 0.2) is 11.2 Å². The minimum absolute atomic E-state index is 0.0562. The normalized spacial score (nSPS) is 18.2. The highest BCUT2D eigenvalue weighted by Crippen LogP contribution is 2.54. The zero-order valence-electron chi connectivity index (χ0n) is 25.2. The number of anilines is 1. The van der Waals surface area contributed by atoms with Crippen molar-refractivity contribution in [2.24, 2.45) is 0 Å². The van der Waals surface area contributed by atoms with E-state index in [-0.39, 0.29) is 22.3 Å². The van der Waals surface area contributed by atoms with Gasteiger partial charge in [0.1, 0.15) is 33.6 Å². The Morgan fingerprint density at radius 1 is 1.00 bits per heavy atom. The largest absolute Gasteiger partial charge is 0.435 e. The second kappa shape index (κ2) is 8.48. The van der Waals surface area contributed by atoms with Gasteiger partial charge >= 0.3 is 5.88 Å². The van der Waals surface area contributed by atoms with Crippen LogP contribution in [0.2, 0.25) is 0 Å². The number of benzene rings is 3. The van der Waals surface area contributed by atoms with Crippen LogP contribution < -0.4 is 24.7 Å². The van der Waals surface area contributed by atoms with Crippen LogP contribution in [0.3, 0.4) is 0 Å². The molecule has 3 aromatic carbocycles. The molecule has 3 aliphatic rings. The van der Waals surface area contributed by atoms with E-state index >= 15 is 0 Å². The van der Waals surface area contributed by atoms with Gasteiger partial charge in [-0.25, -0.2) is 4.98 Å². The first-order valence-electron chi connectivity index (χ1n) is 15.2. The summed E-state index contributed by atoms with van der Waals surface area (Å²) in [5.41, 5.74) is 9.58. The number of para-hydroxylation sites is 4. The highest BCUT2D eigenvalue weighted by Gasteiger charge is 2.43. The zero-order chi connectivity index (χ0) is 30.0. The van der Waals surface area contributed by atoms with E-state index < -0.39 is 0 Å². The number of oxazole rings is 1. The van der Waals surface area contributed by atoms with E-state index in [1.165, 1.54) is 16.8 Å². The Hall–Kier alpha value is -5.16. The van der Waals surface area contributed by atoms with Crippen molar-refractivity contribution in [1.29, 1.82) is 5.26 Å². The Balaban J connectivity index is 1.41. The first kappa shape index (κ1) is 25.3. The molecule has 0 amide bonds. The summed E-state index contributed by atoms with van der Waals surface area (Å²) in [5, 5.41) is 11.4. The number of H-pyrrole nitrogens is 1. The minimum atomic E-state index is -0.0738. The summed E-state index contributed by atoms with van der Waals surface area (Å²) in [5.74, 6) is 1.55. The number of ether oxygens (including phenoxy) is 1. The zero-order valence-corrected chi connectivity index (χ0v) is 25.2. The van der Waals surface area contributed by atoms with E-state index in [1.54, 1.807) is 0 Å². The van der Waals surface area contributed by atoms with Gasteiger partial charge in [-0.1, -0.05) is 56.9 Å². The van der Waals surface area contributed by atoms with Crippen molar-refractivity contribution in [3.63, 3.8) is 0 Å². The van der Waals surface area contributed by atoms with Crippen LogP contribution in [0.5, 0.6) is 11.6 Å². The van der Waals surface area contributed by atoms with Crippen molar-refractivity contribution in [2.45, 2.75) is 51.4 Å². The molecule has 6 aromatic rings. The second-order valence-electron chi connectivity index (χ2n) is 13.5. The molecule has 3 aromatic heterocycles. The number of rotatable bonds is 1. The fourth-order valence-electron chi connectivity index (χ4n) is 7.38. The Morgan fingerprint density at radius 3 is 2.59 bits per heavy atom. The molecule has 0 saturated carbocycles. The standard InChI is InChI=1S/C36H30N6O2/c1-35(2)13-15-41-16-14-36(3,4)28-29(41)23(35)18-20-17-21-31-38-24-9-5-7-11-26(24)42(31)32(40-33(21)44-30(20)28)22(19-37)34-39-25-10-6-8-12-27(25)43-34/h5-12,17-18H,13-16H2,1-4H3/p+1. The molecule has 6 heterocycles. The maximum atomic E-state index is 10.6. The smallest absolute Gasteiger partial charge is 0.310 e. The van der Waals surface area contributed by atoms with Gasteiger partial charge in [-0.15, -0.1) is 0 Å². The number of aromatic nitrogens is 4. The summed E-state index contributed by atoms with van der Waals surface area (Å²) in [4.78, 5) is 15.9. The quantitative estimate of drug-likeness (QED) is 0.267. The third-order valence-electron chi connectivity index (χ3n) is 9.88. The van der Waals surface area contributed by atoms with Crippen LogP contribution in [-0.4, -0.2) is 28.0 Å². The maximum Gasteiger partial charge on any atom is 0.310 e. The fraction of sp³-hybridized carbons (Fsp3) is 0.278. The van der Waals surface area contributed by atoms with Crippen molar-refractivity contribution >= 4 is 45.1 Å². The van der Waals surface area contributed by atoms with Gasteiger partial charge in [0.25, 0.3) is 5.48 Å². The molecule has 0 spiro atoms. The number of fused-ring (bicyclic) bond motifs is 8. The second-order valence-corrected chi connectivity index (χ2v) is 13.5. The van der Waals surface area contributed by atoms with Crippen LogP contribution >= 0.6 is 0 Å². The number of aromatic amines is 1. The summed E-state index contributed by atoms with van der Waals surface area (Å²) >= 11 is 0. The lowest BCUT2D eigenvalue weighted by Crippen LogP contribution is -2.48. The van der Waals surface area contributed by atoms with Crippen molar-refractivity contribution in [2.75, 3.05) is 18.0 Å². The molecule has 44 heavy (non-hydrogen) atoms. The summed E-state index contributed by atoms with van der Waals surface area (Å²) in [7, 11) is 0. The van der Waals surface area contributed by atoms with Gasteiger partial charge in [-0.3, -0.25) is 4.98 Å². The van der Waals surface area contributed by atoms with Crippen molar-refractivity contribution in [3.05, 3.63) is 87.9 Å². The van der Waals surface area contributed by atoms with E-state index in [2.05, 4.69) is 60.8 Å². The van der Waals surface area contributed by atoms with E-state index in [4.69, 9.17) is 14.1 Å². The number of nitrogens with one attached hydrogen (secondary N) is 1. The summed E-state index contributed by atoms with van der Waals surface area (Å²) in [6, 6.07) is 20.3. The van der Waals surface area contributed by atoms with Crippen molar-refractivity contribution < 1.29 is 13.6 Å². The molecule has 216 valence electrons. The summed E-state index contributed by atoms with van der Waals surface area (Å²) in [6.45, 7) is 11.5. The van der Waals surface area contributed by atoms with Crippen LogP contribution in [0.15, 0.2) is 59.0 Å². The van der Waals surface area contributed by atoms with Gasteiger partial charge in [-0.05, 0) is 65.6 Å². The number of hydrogen-bond acceptors (Lipinski definition) is 6. The molecule has 0 radical (unpaired) electrons. The molecule has 0 atom stereocenters. The van der Waals surface area contributed by atoms with Crippen LogP contribution in [0.25, 0.3) is 39.4 Å². The third kappa shape index (κ3) is 3.35. The van der Waals surface area contributed by atoms with Crippen LogP contribution in [0.4, 0.5) is 5.69 Å². The SMILES string of the molecule is CC1(C)CCN2CCC(C)(C)c3c4c(cc1c32)C=c1c(nc(=C(C#N)c2nc3ccccc3o2)[n+]2c1[nH]c1ccccc12)O4. The third-order valence-corrected chi connectivity index (χ3v) is 9.88. The average molecular weight is 580 g/mol. The number of nitriles is 1. The van der Waals surface area contributed by atoms with E-state index in [0.29, 0.717) is 22.5 Å². The Bertz CT molecular complexity index is 2370. The lowest BCUT2D eigenvalue weighted by Gasteiger charge is -2.48. The number of hydrogen-bond donors (Lipinski definition) is 1. The first-order chi connectivity index (χ1) is 21.2. The molecule has 1 N–H and O–H groups in total. The van der Waals surface area contributed by atoms with Gasteiger partial charge in [0, 0.05) is 29.9 Å². The van der Waals surface area contributed by atoms with Gasteiger partial charge in [-0.2, -0.15) is 9.66 Å².